The Labute approximate surface area is 154 Å². The molecule has 1 heterocycles. The molecule has 0 aliphatic rings. The van der Waals surface area contributed by atoms with Gasteiger partial charge in [-0.2, -0.15) is 0 Å². The summed E-state index contributed by atoms with van der Waals surface area (Å²) in [5.41, 5.74) is 4.61. The number of carboxylic acid groups (broad SMARTS) is 1. The van der Waals surface area contributed by atoms with Gasteiger partial charge in [0.1, 0.15) is 0 Å². The molecule has 0 radical (unpaired) electrons. The van der Waals surface area contributed by atoms with E-state index in [4.69, 9.17) is 4.42 Å². The molecule has 0 amide bonds. The molecule has 1 unspecified atom stereocenters. The van der Waals surface area contributed by atoms with E-state index >= 15 is 0 Å². The van der Waals surface area contributed by atoms with Crippen LogP contribution >= 0.6 is 0 Å². The number of hydrogen-bond donors (Lipinski definition) is 1. The fourth-order valence-electron chi connectivity index (χ4n) is 3.22. The molecule has 1 aromatic heterocycles. The van der Waals surface area contributed by atoms with Crippen molar-refractivity contribution in [3.05, 3.63) is 84.3 Å². The Morgan fingerprint density at radius 1 is 0.846 bits per heavy atom. The second-order valence-electron chi connectivity index (χ2n) is 6.66. The fraction of sp³-hybridized carbons (Fsp3) is 0.261. The molecule has 134 valence electrons. The van der Waals surface area contributed by atoms with Crippen LogP contribution in [-0.4, -0.2) is 11.1 Å². The standard InChI is InChI=1S/C23H24O3/c24-23(25)21(8-4-7-18-5-2-1-3-6-18)14-11-19-9-12-20(13-10-19)22-15-16-26-17-22/h1-3,5-6,9-10,12-13,15-17,21H,4,7-8,11,14H2,(H,24,25). The zero-order valence-electron chi connectivity index (χ0n) is 14.8. The number of benzene rings is 2. The van der Waals surface area contributed by atoms with E-state index in [1.54, 1.807) is 12.5 Å². The van der Waals surface area contributed by atoms with Crippen LogP contribution in [0, 0.1) is 5.92 Å². The molecule has 0 fully saturated rings. The van der Waals surface area contributed by atoms with E-state index < -0.39 is 5.97 Å². The van der Waals surface area contributed by atoms with Gasteiger partial charge < -0.3 is 9.52 Å². The maximum Gasteiger partial charge on any atom is 0.306 e. The zero-order valence-corrected chi connectivity index (χ0v) is 14.8. The van der Waals surface area contributed by atoms with E-state index in [2.05, 4.69) is 36.4 Å². The molecule has 0 bridgehead atoms. The highest BCUT2D eigenvalue weighted by Gasteiger charge is 2.17. The van der Waals surface area contributed by atoms with E-state index in [0.29, 0.717) is 6.42 Å². The third-order valence-corrected chi connectivity index (χ3v) is 4.80. The van der Waals surface area contributed by atoms with Crippen LogP contribution < -0.4 is 0 Å². The molecule has 0 saturated heterocycles. The van der Waals surface area contributed by atoms with Crippen LogP contribution in [0.3, 0.4) is 0 Å². The van der Waals surface area contributed by atoms with E-state index in [1.165, 1.54) is 11.1 Å². The van der Waals surface area contributed by atoms with E-state index in [9.17, 15) is 9.90 Å². The largest absolute Gasteiger partial charge is 0.481 e. The Morgan fingerprint density at radius 2 is 1.58 bits per heavy atom. The number of hydrogen-bond acceptors (Lipinski definition) is 2. The van der Waals surface area contributed by atoms with Gasteiger partial charge in [-0.1, -0.05) is 54.6 Å². The molecule has 0 aliphatic carbocycles. The normalized spacial score (nSPS) is 12.0. The first kappa shape index (κ1) is 18.0. The number of rotatable bonds is 9. The summed E-state index contributed by atoms with van der Waals surface area (Å²) in [7, 11) is 0. The average Bonchev–Trinajstić information content (AvgIpc) is 3.20. The summed E-state index contributed by atoms with van der Waals surface area (Å²) in [5.74, 6) is -0.972. The van der Waals surface area contributed by atoms with Crippen LogP contribution in [-0.2, 0) is 17.6 Å². The summed E-state index contributed by atoms with van der Waals surface area (Å²) in [6, 6.07) is 20.4. The van der Waals surface area contributed by atoms with Crippen LogP contribution in [0.25, 0.3) is 11.1 Å². The van der Waals surface area contributed by atoms with Crippen molar-refractivity contribution in [2.45, 2.75) is 32.1 Å². The first-order valence-electron chi connectivity index (χ1n) is 9.10. The number of aliphatic carboxylic acids is 1. The molecule has 2 aromatic carbocycles. The lowest BCUT2D eigenvalue weighted by atomic mass is 9.93. The van der Waals surface area contributed by atoms with Crippen molar-refractivity contribution in [3.63, 3.8) is 0 Å². The average molecular weight is 348 g/mol. The summed E-state index contributed by atoms with van der Waals surface area (Å²) in [5, 5.41) is 9.51. The van der Waals surface area contributed by atoms with Crippen molar-refractivity contribution >= 4 is 5.97 Å². The van der Waals surface area contributed by atoms with Gasteiger partial charge in [-0.25, -0.2) is 0 Å². The quantitative estimate of drug-likeness (QED) is 0.547. The van der Waals surface area contributed by atoms with Gasteiger partial charge in [-0.3, -0.25) is 4.79 Å². The summed E-state index contributed by atoms with van der Waals surface area (Å²) in [6.45, 7) is 0. The monoisotopic (exact) mass is 348 g/mol. The van der Waals surface area contributed by atoms with E-state index in [1.807, 2.05) is 24.3 Å². The predicted molar refractivity (Wildman–Crippen MR) is 103 cm³/mol. The maximum absolute atomic E-state index is 11.6. The molecule has 1 atom stereocenters. The second kappa shape index (κ2) is 9.04. The van der Waals surface area contributed by atoms with Crippen LogP contribution in [0.5, 0.6) is 0 Å². The van der Waals surface area contributed by atoms with Gasteiger partial charge in [-0.05, 0) is 54.9 Å². The number of furan rings is 1. The number of carboxylic acids is 1. The first-order chi connectivity index (χ1) is 12.7. The Bertz CT molecular complexity index is 789. The molecule has 26 heavy (non-hydrogen) atoms. The highest BCUT2D eigenvalue weighted by atomic mass is 16.4. The number of aryl methyl sites for hydroxylation is 2. The third kappa shape index (κ3) is 5.09. The van der Waals surface area contributed by atoms with Gasteiger partial charge in [0.2, 0.25) is 0 Å². The lowest BCUT2D eigenvalue weighted by Crippen LogP contribution is -2.15. The minimum Gasteiger partial charge on any atom is -0.481 e. The molecular weight excluding hydrogens is 324 g/mol. The fourth-order valence-corrected chi connectivity index (χ4v) is 3.22. The Hall–Kier alpha value is -2.81. The molecule has 3 heteroatoms. The maximum atomic E-state index is 11.6. The molecule has 1 N–H and O–H groups in total. The minimum atomic E-state index is -0.687. The summed E-state index contributed by atoms with van der Waals surface area (Å²) < 4.78 is 5.11. The highest BCUT2D eigenvalue weighted by Crippen LogP contribution is 2.22. The molecule has 0 spiro atoms. The lowest BCUT2D eigenvalue weighted by Gasteiger charge is -2.12. The second-order valence-corrected chi connectivity index (χ2v) is 6.66. The summed E-state index contributed by atoms with van der Waals surface area (Å²) in [4.78, 5) is 11.6. The molecular formula is C23H24O3. The van der Waals surface area contributed by atoms with Crippen molar-refractivity contribution in [2.75, 3.05) is 0 Å². The van der Waals surface area contributed by atoms with Crippen LogP contribution in [0.1, 0.15) is 30.4 Å². The van der Waals surface area contributed by atoms with Gasteiger partial charge in [-0.15, -0.1) is 0 Å². The van der Waals surface area contributed by atoms with Crippen molar-refractivity contribution < 1.29 is 14.3 Å². The van der Waals surface area contributed by atoms with E-state index in [0.717, 1.165) is 36.8 Å². The predicted octanol–water partition coefficient (Wildman–Crippen LogP) is 5.60. The van der Waals surface area contributed by atoms with Crippen molar-refractivity contribution in [2.24, 2.45) is 5.92 Å². The third-order valence-electron chi connectivity index (χ3n) is 4.80. The van der Waals surface area contributed by atoms with Gasteiger partial charge in [0.05, 0.1) is 18.4 Å². The highest BCUT2D eigenvalue weighted by molar-refractivity contribution is 5.70. The van der Waals surface area contributed by atoms with Crippen molar-refractivity contribution in [1.29, 1.82) is 0 Å². The molecule has 3 aromatic rings. The molecule has 0 saturated carbocycles. The first-order valence-corrected chi connectivity index (χ1v) is 9.10. The van der Waals surface area contributed by atoms with E-state index in [-0.39, 0.29) is 5.92 Å². The molecule has 0 aliphatic heterocycles. The van der Waals surface area contributed by atoms with Crippen LogP contribution in [0.15, 0.2) is 77.6 Å². The molecule has 3 nitrogen and oxygen atoms in total. The van der Waals surface area contributed by atoms with Crippen LogP contribution in [0.2, 0.25) is 0 Å². The number of carbonyl (C=O) groups is 1. The van der Waals surface area contributed by atoms with Crippen molar-refractivity contribution in [1.82, 2.24) is 0 Å². The SMILES string of the molecule is O=C(O)C(CCCc1ccccc1)CCc1ccc(-c2ccoc2)cc1. The minimum absolute atomic E-state index is 0.285. The van der Waals surface area contributed by atoms with Crippen LogP contribution in [0.4, 0.5) is 0 Å². The van der Waals surface area contributed by atoms with Gasteiger partial charge in [0.25, 0.3) is 0 Å². The molecule has 3 rings (SSSR count). The zero-order chi connectivity index (χ0) is 18.2. The van der Waals surface area contributed by atoms with Crippen molar-refractivity contribution in [3.8, 4) is 11.1 Å². The lowest BCUT2D eigenvalue weighted by molar-refractivity contribution is -0.142. The Kier molecular flexibility index (Phi) is 6.26. The smallest absolute Gasteiger partial charge is 0.306 e. The Balaban J connectivity index is 1.49. The summed E-state index contributed by atoms with van der Waals surface area (Å²) in [6.07, 6.45) is 7.41. The summed E-state index contributed by atoms with van der Waals surface area (Å²) >= 11 is 0. The van der Waals surface area contributed by atoms with Gasteiger partial charge in [0, 0.05) is 5.56 Å². The van der Waals surface area contributed by atoms with Gasteiger partial charge >= 0.3 is 5.97 Å². The topological polar surface area (TPSA) is 50.4 Å². The van der Waals surface area contributed by atoms with Gasteiger partial charge in [0.15, 0.2) is 0 Å². The Morgan fingerprint density at radius 3 is 2.23 bits per heavy atom.